The summed E-state index contributed by atoms with van der Waals surface area (Å²) in [5, 5.41) is 14.0. The Labute approximate surface area is 114 Å². The highest BCUT2D eigenvalue weighted by molar-refractivity contribution is 5.32. The Hall–Kier alpha value is -1.42. The predicted molar refractivity (Wildman–Crippen MR) is 76.2 cm³/mol. The van der Waals surface area contributed by atoms with E-state index in [2.05, 4.69) is 12.4 Å². The molecule has 1 aliphatic carbocycles. The van der Waals surface area contributed by atoms with Gasteiger partial charge in [0.15, 0.2) is 0 Å². The quantitative estimate of drug-likeness (QED) is 0.654. The Morgan fingerprint density at radius 1 is 1.26 bits per heavy atom. The van der Waals surface area contributed by atoms with Crippen LogP contribution in [0.3, 0.4) is 0 Å². The molecule has 0 bridgehead atoms. The average molecular weight is 262 g/mol. The first-order valence-corrected chi connectivity index (χ1v) is 7.11. The van der Waals surface area contributed by atoms with Gasteiger partial charge >= 0.3 is 0 Å². The number of nitro groups is 1. The first-order chi connectivity index (χ1) is 9.20. The summed E-state index contributed by atoms with van der Waals surface area (Å²) in [6, 6.07) is 7.62. The van der Waals surface area contributed by atoms with Crippen LogP contribution in [0.4, 0.5) is 5.69 Å². The molecule has 2 unspecified atom stereocenters. The zero-order chi connectivity index (χ0) is 13.7. The molecule has 0 aromatic heterocycles. The van der Waals surface area contributed by atoms with Crippen molar-refractivity contribution in [1.29, 1.82) is 0 Å². The van der Waals surface area contributed by atoms with Crippen molar-refractivity contribution in [3.05, 3.63) is 39.9 Å². The van der Waals surface area contributed by atoms with Gasteiger partial charge in [-0.2, -0.15) is 0 Å². The van der Waals surface area contributed by atoms with Crippen molar-refractivity contribution in [3.8, 4) is 0 Å². The van der Waals surface area contributed by atoms with Crippen LogP contribution in [-0.4, -0.2) is 18.0 Å². The molecule has 19 heavy (non-hydrogen) atoms. The van der Waals surface area contributed by atoms with E-state index in [0.29, 0.717) is 6.04 Å². The standard InChI is InChI=1S/C15H22N2O2/c1-16-15-5-3-2-4-13(15)9-6-12-7-10-14(11-8-12)17(18)19/h7-8,10-11,13,15-16H,2-6,9H2,1H3. The molecule has 1 N–H and O–H groups in total. The summed E-state index contributed by atoms with van der Waals surface area (Å²) in [6.45, 7) is 0. The van der Waals surface area contributed by atoms with Crippen molar-refractivity contribution in [2.75, 3.05) is 7.05 Å². The maximum Gasteiger partial charge on any atom is 0.269 e. The molecule has 0 radical (unpaired) electrons. The molecule has 0 spiro atoms. The van der Waals surface area contributed by atoms with Crippen molar-refractivity contribution in [2.24, 2.45) is 5.92 Å². The fraction of sp³-hybridized carbons (Fsp3) is 0.600. The third kappa shape index (κ3) is 3.77. The molecule has 0 saturated heterocycles. The minimum absolute atomic E-state index is 0.175. The highest BCUT2D eigenvalue weighted by Crippen LogP contribution is 2.28. The second kappa shape index (κ2) is 6.66. The lowest BCUT2D eigenvalue weighted by Gasteiger charge is -2.31. The summed E-state index contributed by atoms with van der Waals surface area (Å²) in [5.41, 5.74) is 1.38. The molecular weight excluding hydrogens is 240 g/mol. The first-order valence-electron chi connectivity index (χ1n) is 7.11. The van der Waals surface area contributed by atoms with Gasteiger partial charge in [0.1, 0.15) is 0 Å². The van der Waals surface area contributed by atoms with Crippen molar-refractivity contribution >= 4 is 5.69 Å². The van der Waals surface area contributed by atoms with Crippen LogP contribution < -0.4 is 5.32 Å². The molecule has 0 aliphatic heterocycles. The fourth-order valence-corrected chi connectivity index (χ4v) is 3.07. The van der Waals surface area contributed by atoms with Crippen LogP contribution in [-0.2, 0) is 6.42 Å². The van der Waals surface area contributed by atoms with E-state index in [0.717, 1.165) is 12.3 Å². The van der Waals surface area contributed by atoms with Gasteiger partial charge in [-0.1, -0.05) is 25.0 Å². The van der Waals surface area contributed by atoms with Crippen molar-refractivity contribution in [2.45, 2.75) is 44.6 Å². The lowest BCUT2D eigenvalue weighted by molar-refractivity contribution is -0.384. The van der Waals surface area contributed by atoms with E-state index in [4.69, 9.17) is 0 Å². The lowest BCUT2D eigenvalue weighted by atomic mass is 9.81. The van der Waals surface area contributed by atoms with Crippen LogP contribution in [0.25, 0.3) is 0 Å². The molecular formula is C15H22N2O2. The van der Waals surface area contributed by atoms with Gasteiger partial charge in [0.25, 0.3) is 5.69 Å². The zero-order valence-corrected chi connectivity index (χ0v) is 11.5. The van der Waals surface area contributed by atoms with Gasteiger partial charge in [-0.15, -0.1) is 0 Å². The maximum absolute atomic E-state index is 10.6. The highest BCUT2D eigenvalue weighted by Gasteiger charge is 2.23. The summed E-state index contributed by atoms with van der Waals surface area (Å²) in [5.74, 6) is 0.744. The third-order valence-corrected chi connectivity index (χ3v) is 4.23. The molecule has 1 saturated carbocycles. The molecule has 2 atom stereocenters. The lowest BCUT2D eigenvalue weighted by Crippen LogP contribution is -2.36. The number of benzene rings is 1. The second-order valence-electron chi connectivity index (χ2n) is 5.40. The number of rotatable bonds is 5. The SMILES string of the molecule is CNC1CCCCC1CCc1ccc([N+](=O)[O-])cc1. The predicted octanol–water partition coefficient (Wildman–Crippen LogP) is 3.31. The van der Waals surface area contributed by atoms with E-state index in [1.807, 2.05) is 12.1 Å². The monoisotopic (exact) mass is 262 g/mol. The Kier molecular flexibility index (Phi) is 4.91. The number of hydrogen-bond acceptors (Lipinski definition) is 3. The molecule has 0 amide bonds. The number of nitrogens with one attached hydrogen (secondary N) is 1. The van der Waals surface area contributed by atoms with Crippen molar-refractivity contribution in [3.63, 3.8) is 0 Å². The van der Waals surface area contributed by atoms with E-state index in [1.54, 1.807) is 12.1 Å². The summed E-state index contributed by atoms with van der Waals surface area (Å²) in [6.07, 6.45) is 7.44. The van der Waals surface area contributed by atoms with E-state index >= 15 is 0 Å². The van der Waals surface area contributed by atoms with Gasteiger partial charge in [-0.05, 0) is 44.2 Å². The van der Waals surface area contributed by atoms with Gasteiger partial charge in [-0.25, -0.2) is 0 Å². The summed E-state index contributed by atoms with van der Waals surface area (Å²) >= 11 is 0. The summed E-state index contributed by atoms with van der Waals surface area (Å²) in [7, 11) is 2.05. The molecule has 2 rings (SSSR count). The normalized spacial score (nSPS) is 23.2. The topological polar surface area (TPSA) is 55.2 Å². The Balaban J connectivity index is 1.88. The van der Waals surface area contributed by atoms with E-state index < -0.39 is 0 Å². The molecule has 1 aromatic rings. The summed E-state index contributed by atoms with van der Waals surface area (Å²) < 4.78 is 0. The number of nitrogens with zero attached hydrogens (tertiary/aromatic N) is 1. The smallest absolute Gasteiger partial charge is 0.269 e. The molecule has 1 fully saturated rings. The fourth-order valence-electron chi connectivity index (χ4n) is 3.07. The number of aryl methyl sites for hydroxylation is 1. The minimum atomic E-state index is -0.345. The van der Waals surface area contributed by atoms with Crippen molar-refractivity contribution < 1.29 is 4.92 Å². The third-order valence-electron chi connectivity index (χ3n) is 4.23. The van der Waals surface area contributed by atoms with Crippen LogP contribution in [0.5, 0.6) is 0 Å². The van der Waals surface area contributed by atoms with Crippen LogP contribution >= 0.6 is 0 Å². The number of non-ortho nitro benzene ring substituents is 1. The van der Waals surface area contributed by atoms with Crippen LogP contribution in [0.2, 0.25) is 0 Å². The summed E-state index contributed by atoms with van der Waals surface area (Å²) in [4.78, 5) is 10.3. The van der Waals surface area contributed by atoms with E-state index in [-0.39, 0.29) is 10.6 Å². The largest absolute Gasteiger partial charge is 0.317 e. The molecule has 4 nitrogen and oxygen atoms in total. The average Bonchev–Trinajstić information content (AvgIpc) is 2.45. The van der Waals surface area contributed by atoms with Crippen LogP contribution in [0.15, 0.2) is 24.3 Å². The molecule has 0 heterocycles. The molecule has 4 heteroatoms. The molecule has 1 aliphatic rings. The number of hydrogen-bond donors (Lipinski definition) is 1. The van der Waals surface area contributed by atoms with E-state index in [1.165, 1.54) is 37.7 Å². The van der Waals surface area contributed by atoms with Crippen LogP contribution in [0.1, 0.15) is 37.7 Å². The van der Waals surface area contributed by atoms with Gasteiger partial charge in [0.2, 0.25) is 0 Å². The van der Waals surface area contributed by atoms with Gasteiger partial charge in [-0.3, -0.25) is 10.1 Å². The van der Waals surface area contributed by atoms with Crippen molar-refractivity contribution in [1.82, 2.24) is 5.32 Å². The van der Waals surface area contributed by atoms with Crippen LogP contribution in [0, 0.1) is 16.0 Å². The van der Waals surface area contributed by atoms with Gasteiger partial charge < -0.3 is 5.32 Å². The van der Waals surface area contributed by atoms with Gasteiger partial charge in [0, 0.05) is 18.2 Å². The number of nitro benzene ring substituents is 1. The second-order valence-corrected chi connectivity index (χ2v) is 5.40. The Morgan fingerprint density at radius 2 is 1.95 bits per heavy atom. The Morgan fingerprint density at radius 3 is 2.58 bits per heavy atom. The molecule has 104 valence electrons. The minimum Gasteiger partial charge on any atom is -0.317 e. The maximum atomic E-state index is 10.6. The highest BCUT2D eigenvalue weighted by atomic mass is 16.6. The van der Waals surface area contributed by atoms with E-state index in [9.17, 15) is 10.1 Å². The first kappa shape index (κ1) is 14.0. The van der Waals surface area contributed by atoms with Gasteiger partial charge in [0.05, 0.1) is 4.92 Å². The Bertz CT molecular complexity index is 417. The molecule has 1 aromatic carbocycles. The zero-order valence-electron chi connectivity index (χ0n) is 11.5.